The number of alkyl carbamates (subject to hydrolysis) is 1. The lowest BCUT2D eigenvalue weighted by Gasteiger charge is -2.22. The minimum Gasteiger partial charge on any atom is -0.464 e. The molecule has 0 aliphatic carbocycles. The summed E-state index contributed by atoms with van der Waals surface area (Å²) < 4.78 is 10.4. The van der Waals surface area contributed by atoms with Gasteiger partial charge in [0.1, 0.15) is 11.3 Å². The average Bonchev–Trinajstić information content (AvgIpc) is 2.72. The van der Waals surface area contributed by atoms with E-state index in [9.17, 15) is 9.59 Å². The molecule has 5 nitrogen and oxygen atoms in total. The summed E-state index contributed by atoms with van der Waals surface area (Å²) in [6.45, 7) is 5.28. The van der Waals surface area contributed by atoms with Crippen LogP contribution in [0, 0.1) is 0 Å². The third kappa shape index (κ3) is 4.87. The van der Waals surface area contributed by atoms with E-state index >= 15 is 0 Å². The fourth-order valence-corrected chi connectivity index (χ4v) is 3.21. The van der Waals surface area contributed by atoms with Gasteiger partial charge in [-0.1, -0.05) is 72.8 Å². The van der Waals surface area contributed by atoms with Gasteiger partial charge >= 0.3 is 12.1 Å². The first kappa shape index (κ1) is 21.1. The predicted octanol–water partition coefficient (Wildman–Crippen LogP) is 5.30. The van der Waals surface area contributed by atoms with Crippen LogP contribution in [0.25, 0.3) is 16.3 Å². The molecule has 3 aromatic carbocycles. The van der Waals surface area contributed by atoms with E-state index in [4.69, 9.17) is 9.47 Å². The van der Waals surface area contributed by atoms with Gasteiger partial charge < -0.3 is 9.47 Å². The number of carbonyl (C=O) groups is 2. The Morgan fingerprint density at radius 3 is 2.13 bits per heavy atom. The molecule has 0 radical (unpaired) electrons. The van der Waals surface area contributed by atoms with Crippen LogP contribution >= 0.6 is 0 Å². The number of amides is 1. The zero-order valence-electron chi connectivity index (χ0n) is 17.6. The van der Waals surface area contributed by atoms with Crippen molar-refractivity contribution in [3.63, 3.8) is 0 Å². The molecule has 0 saturated carbocycles. The number of methoxy groups -OCH3 is 1. The van der Waals surface area contributed by atoms with Crippen LogP contribution in [0.1, 0.15) is 31.9 Å². The number of hydrogen-bond acceptors (Lipinski definition) is 4. The van der Waals surface area contributed by atoms with Gasteiger partial charge in [0.25, 0.3) is 0 Å². The monoisotopic (exact) mass is 403 g/mol. The maximum absolute atomic E-state index is 12.8. The Balaban J connectivity index is 2.28. The van der Waals surface area contributed by atoms with Crippen LogP contribution in [0.4, 0.5) is 4.79 Å². The van der Waals surface area contributed by atoms with Crippen molar-refractivity contribution in [3.05, 3.63) is 89.6 Å². The van der Waals surface area contributed by atoms with Gasteiger partial charge in [-0.05, 0) is 42.7 Å². The van der Waals surface area contributed by atoms with Crippen LogP contribution in [-0.2, 0) is 14.3 Å². The number of fused-ring (bicyclic) bond motifs is 1. The summed E-state index contributed by atoms with van der Waals surface area (Å²) in [5.41, 5.74) is 1.44. The van der Waals surface area contributed by atoms with Crippen molar-refractivity contribution in [1.82, 2.24) is 5.32 Å². The Morgan fingerprint density at radius 2 is 1.47 bits per heavy atom. The summed E-state index contributed by atoms with van der Waals surface area (Å²) in [5, 5.41) is 4.60. The number of hydrogen-bond donors (Lipinski definition) is 1. The molecule has 3 rings (SSSR count). The van der Waals surface area contributed by atoms with Crippen molar-refractivity contribution < 1.29 is 19.1 Å². The molecule has 0 atom stereocenters. The highest BCUT2D eigenvalue weighted by molar-refractivity contribution is 6.08. The number of esters is 1. The van der Waals surface area contributed by atoms with E-state index in [0.717, 1.165) is 21.9 Å². The minimum absolute atomic E-state index is 0.0225. The quantitative estimate of drug-likeness (QED) is 0.474. The molecule has 154 valence electrons. The lowest BCUT2D eigenvalue weighted by molar-refractivity contribution is -0.136. The number of benzene rings is 3. The van der Waals surface area contributed by atoms with Crippen molar-refractivity contribution in [2.75, 3.05) is 7.11 Å². The zero-order valence-corrected chi connectivity index (χ0v) is 17.6. The first-order valence-electron chi connectivity index (χ1n) is 9.66. The first-order chi connectivity index (χ1) is 14.3. The van der Waals surface area contributed by atoms with Crippen molar-refractivity contribution in [1.29, 1.82) is 0 Å². The average molecular weight is 403 g/mol. The van der Waals surface area contributed by atoms with Crippen molar-refractivity contribution in [3.8, 4) is 0 Å². The maximum Gasteiger partial charge on any atom is 0.412 e. The fourth-order valence-electron chi connectivity index (χ4n) is 3.21. The second kappa shape index (κ2) is 8.82. The summed E-state index contributed by atoms with van der Waals surface area (Å²) in [7, 11) is 1.28. The van der Waals surface area contributed by atoms with Gasteiger partial charge in [0.05, 0.1) is 7.11 Å². The third-order valence-corrected chi connectivity index (χ3v) is 4.39. The highest BCUT2D eigenvalue weighted by Crippen LogP contribution is 2.32. The van der Waals surface area contributed by atoms with E-state index in [0.29, 0.717) is 5.57 Å². The molecule has 0 fully saturated rings. The molecule has 5 heteroatoms. The van der Waals surface area contributed by atoms with Gasteiger partial charge in [0.15, 0.2) is 0 Å². The summed E-state index contributed by atoms with van der Waals surface area (Å²) in [6, 6.07) is 23.1. The Kier molecular flexibility index (Phi) is 6.21. The molecule has 0 heterocycles. The number of nitrogens with one attached hydrogen (secondary N) is 1. The third-order valence-electron chi connectivity index (χ3n) is 4.39. The Labute approximate surface area is 176 Å². The van der Waals surface area contributed by atoms with Gasteiger partial charge in [-0.25, -0.2) is 9.59 Å². The van der Waals surface area contributed by atoms with Crippen LogP contribution in [0.3, 0.4) is 0 Å². The largest absolute Gasteiger partial charge is 0.464 e. The molecule has 0 bridgehead atoms. The SMILES string of the molecule is COC(=O)/C(NC(=O)OC(C)(C)C)=C(/c1ccccc1)c1cccc2ccccc12. The van der Waals surface area contributed by atoms with E-state index in [1.54, 1.807) is 20.8 Å². The number of rotatable bonds is 4. The van der Waals surface area contributed by atoms with E-state index < -0.39 is 17.7 Å². The number of ether oxygens (including phenoxy) is 2. The van der Waals surface area contributed by atoms with Crippen LogP contribution in [0.15, 0.2) is 78.5 Å². The van der Waals surface area contributed by atoms with Gasteiger partial charge in [0.2, 0.25) is 0 Å². The standard InChI is InChI=1S/C25H25NO4/c1-25(2,3)30-24(28)26-22(23(27)29-4)21(18-12-6-5-7-13-18)20-16-10-14-17-11-8-9-15-19(17)20/h5-16H,1-4H3,(H,26,28)/b22-21+. The van der Waals surface area contributed by atoms with Crippen LogP contribution in [0.5, 0.6) is 0 Å². The highest BCUT2D eigenvalue weighted by atomic mass is 16.6. The molecule has 0 saturated heterocycles. The van der Waals surface area contributed by atoms with E-state index in [2.05, 4.69) is 5.32 Å². The van der Waals surface area contributed by atoms with Crippen molar-refractivity contribution in [2.24, 2.45) is 0 Å². The lowest BCUT2D eigenvalue weighted by atomic mass is 9.91. The molecule has 1 N–H and O–H groups in total. The minimum atomic E-state index is -0.725. The van der Waals surface area contributed by atoms with Crippen LogP contribution in [-0.4, -0.2) is 24.8 Å². The molecule has 0 aliphatic heterocycles. The lowest BCUT2D eigenvalue weighted by Crippen LogP contribution is -2.35. The molecular weight excluding hydrogens is 378 g/mol. The van der Waals surface area contributed by atoms with E-state index in [-0.39, 0.29) is 5.70 Å². The molecule has 0 aliphatic rings. The first-order valence-corrected chi connectivity index (χ1v) is 9.66. The molecule has 1 amide bonds. The summed E-state index contributed by atoms with van der Waals surface area (Å²) in [4.78, 5) is 25.3. The van der Waals surface area contributed by atoms with E-state index in [1.165, 1.54) is 7.11 Å². The topological polar surface area (TPSA) is 64.6 Å². The molecule has 30 heavy (non-hydrogen) atoms. The summed E-state index contributed by atoms with van der Waals surface area (Å²) in [5.74, 6) is -0.660. The molecule has 0 spiro atoms. The Morgan fingerprint density at radius 1 is 0.833 bits per heavy atom. The number of carbonyl (C=O) groups excluding carboxylic acids is 2. The van der Waals surface area contributed by atoms with Gasteiger partial charge in [0, 0.05) is 5.57 Å². The fraction of sp³-hybridized carbons (Fsp3) is 0.200. The molecular formula is C25H25NO4. The zero-order chi connectivity index (χ0) is 21.7. The van der Waals surface area contributed by atoms with Crippen LogP contribution < -0.4 is 5.32 Å². The van der Waals surface area contributed by atoms with Crippen molar-refractivity contribution in [2.45, 2.75) is 26.4 Å². The van der Waals surface area contributed by atoms with Gasteiger partial charge in [-0.2, -0.15) is 0 Å². The van der Waals surface area contributed by atoms with Crippen LogP contribution in [0.2, 0.25) is 0 Å². The smallest absolute Gasteiger partial charge is 0.412 e. The Hall–Kier alpha value is -3.60. The maximum atomic E-state index is 12.8. The highest BCUT2D eigenvalue weighted by Gasteiger charge is 2.25. The normalized spacial score (nSPS) is 12.1. The predicted molar refractivity (Wildman–Crippen MR) is 118 cm³/mol. The van der Waals surface area contributed by atoms with Crippen molar-refractivity contribution >= 4 is 28.4 Å². The summed E-state index contributed by atoms with van der Waals surface area (Å²) in [6.07, 6.45) is -0.725. The van der Waals surface area contributed by atoms with Gasteiger partial charge in [-0.15, -0.1) is 0 Å². The van der Waals surface area contributed by atoms with E-state index in [1.807, 2.05) is 72.8 Å². The molecule has 0 aromatic heterocycles. The molecule has 0 unspecified atom stereocenters. The molecule has 3 aromatic rings. The van der Waals surface area contributed by atoms with Gasteiger partial charge in [-0.3, -0.25) is 5.32 Å². The second-order valence-corrected chi connectivity index (χ2v) is 7.76. The second-order valence-electron chi connectivity index (χ2n) is 7.76. The Bertz CT molecular complexity index is 1090. The summed E-state index contributed by atoms with van der Waals surface area (Å²) >= 11 is 0.